The van der Waals surface area contributed by atoms with Gasteiger partial charge >= 0.3 is 8.80 Å². The molecule has 150 valence electrons. The molecular formula is C22H34O4Si. The smallest absolute Gasteiger partial charge is 0.494 e. The highest BCUT2D eigenvalue weighted by Crippen LogP contribution is 2.60. The summed E-state index contributed by atoms with van der Waals surface area (Å²) in [6.45, 7) is 0.654. The van der Waals surface area contributed by atoms with Crippen LogP contribution in [0.25, 0.3) is 0 Å². The minimum Gasteiger partial charge on any atom is -0.494 e. The van der Waals surface area contributed by atoms with Crippen LogP contribution in [0, 0.1) is 17.8 Å². The van der Waals surface area contributed by atoms with Crippen molar-refractivity contribution in [3.63, 3.8) is 0 Å². The lowest BCUT2D eigenvalue weighted by Crippen LogP contribution is -2.48. The lowest BCUT2D eigenvalue weighted by molar-refractivity contribution is -0.00520. The van der Waals surface area contributed by atoms with Crippen LogP contribution in [0.5, 0.6) is 5.75 Å². The van der Waals surface area contributed by atoms with E-state index in [2.05, 4.69) is 24.3 Å². The van der Waals surface area contributed by atoms with Crippen LogP contribution < -0.4 is 4.74 Å². The number of ether oxygens (including phenoxy) is 1. The van der Waals surface area contributed by atoms with Gasteiger partial charge in [-0.2, -0.15) is 0 Å². The molecule has 1 aromatic carbocycles. The summed E-state index contributed by atoms with van der Waals surface area (Å²) in [6, 6.07) is 9.77. The van der Waals surface area contributed by atoms with Gasteiger partial charge in [0.05, 0.1) is 6.61 Å². The fourth-order valence-electron chi connectivity index (χ4n) is 6.40. The molecule has 1 aromatic rings. The Morgan fingerprint density at radius 2 is 1.37 bits per heavy atom. The Morgan fingerprint density at radius 3 is 1.85 bits per heavy atom. The average Bonchev–Trinajstić information content (AvgIpc) is 2.68. The van der Waals surface area contributed by atoms with E-state index in [1.807, 2.05) is 0 Å². The van der Waals surface area contributed by atoms with Crippen molar-refractivity contribution < 1.29 is 18.0 Å². The second-order valence-corrected chi connectivity index (χ2v) is 12.1. The maximum absolute atomic E-state index is 5.96. The SMILES string of the molecule is CO[Si](CCCOc1ccc(C23CC4CC(CC(C4)C2)C3)cc1)(OC)OC. The van der Waals surface area contributed by atoms with Crippen LogP contribution in [0.4, 0.5) is 0 Å². The van der Waals surface area contributed by atoms with Gasteiger partial charge in [-0.1, -0.05) is 12.1 Å². The molecule has 0 unspecified atom stereocenters. The second kappa shape index (κ2) is 7.86. The van der Waals surface area contributed by atoms with Crippen molar-refractivity contribution >= 4 is 8.80 Å². The maximum Gasteiger partial charge on any atom is 0.500 e. The maximum atomic E-state index is 5.96. The number of hydrogen-bond donors (Lipinski definition) is 0. The lowest BCUT2D eigenvalue weighted by Gasteiger charge is -2.57. The summed E-state index contributed by atoms with van der Waals surface area (Å²) in [5.74, 6) is 3.92. The molecule has 4 saturated carbocycles. The van der Waals surface area contributed by atoms with Gasteiger partial charge in [0, 0.05) is 27.4 Å². The zero-order valence-corrected chi connectivity index (χ0v) is 18.0. The zero-order chi connectivity index (χ0) is 18.9. The van der Waals surface area contributed by atoms with E-state index in [1.54, 1.807) is 26.9 Å². The Bertz CT molecular complexity index is 582. The molecule has 0 heterocycles. The van der Waals surface area contributed by atoms with Gasteiger partial charge < -0.3 is 18.0 Å². The summed E-state index contributed by atoms with van der Waals surface area (Å²) in [5.41, 5.74) is 2.02. The highest BCUT2D eigenvalue weighted by molar-refractivity contribution is 6.60. The van der Waals surface area contributed by atoms with Gasteiger partial charge in [-0.3, -0.25) is 0 Å². The largest absolute Gasteiger partial charge is 0.500 e. The predicted molar refractivity (Wildman–Crippen MR) is 108 cm³/mol. The van der Waals surface area contributed by atoms with E-state index in [0.29, 0.717) is 12.0 Å². The van der Waals surface area contributed by atoms with Gasteiger partial charge in [0.1, 0.15) is 5.75 Å². The Hall–Kier alpha value is -0.883. The molecule has 0 atom stereocenters. The molecule has 0 saturated heterocycles. The molecule has 0 spiro atoms. The summed E-state index contributed by atoms with van der Waals surface area (Å²) in [4.78, 5) is 0. The van der Waals surface area contributed by atoms with Gasteiger partial charge in [0.25, 0.3) is 0 Å². The van der Waals surface area contributed by atoms with Crippen LogP contribution in [0.2, 0.25) is 6.04 Å². The summed E-state index contributed by atoms with van der Waals surface area (Å²) in [6.07, 6.45) is 9.59. The molecule has 4 aliphatic rings. The fraction of sp³-hybridized carbons (Fsp3) is 0.727. The minimum absolute atomic E-state index is 0.466. The van der Waals surface area contributed by atoms with Crippen LogP contribution >= 0.6 is 0 Å². The molecule has 0 N–H and O–H groups in total. The van der Waals surface area contributed by atoms with Gasteiger partial charge in [-0.15, -0.1) is 0 Å². The molecule has 5 heteroatoms. The van der Waals surface area contributed by atoms with Crippen LogP contribution in [0.3, 0.4) is 0 Å². The molecule has 5 rings (SSSR count). The van der Waals surface area contributed by atoms with Gasteiger partial charge in [-0.25, -0.2) is 0 Å². The third kappa shape index (κ3) is 3.84. The molecule has 0 radical (unpaired) electrons. The highest BCUT2D eigenvalue weighted by atomic mass is 28.4. The van der Waals surface area contributed by atoms with Crippen molar-refractivity contribution in [3.8, 4) is 5.75 Å². The van der Waals surface area contributed by atoms with Crippen molar-refractivity contribution in [1.29, 1.82) is 0 Å². The van der Waals surface area contributed by atoms with Crippen molar-refractivity contribution in [2.24, 2.45) is 17.8 Å². The lowest BCUT2D eigenvalue weighted by atomic mass is 9.48. The first kappa shape index (κ1) is 19.4. The van der Waals surface area contributed by atoms with Gasteiger partial charge in [0.15, 0.2) is 0 Å². The minimum atomic E-state index is -2.48. The molecule has 4 bridgehead atoms. The van der Waals surface area contributed by atoms with E-state index >= 15 is 0 Å². The Morgan fingerprint density at radius 1 is 0.852 bits per heavy atom. The third-order valence-electron chi connectivity index (χ3n) is 7.33. The van der Waals surface area contributed by atoms with E-state index in [1.165, 1.54) is 38.5 Å². The second-order valence-electron chi connectivity index (χ2n) is 8.97. The normalized spacial score (nSPS) is 32.0. The quantitative estimate of drug-likeness (QED) is 0.448. The molecule has 0 amide bonds. The molecule has 4 fully saturated rings. The van der Waals surface area contributed by atoms with E-state index in [9.17, 15) is 0 Å². The summed E-state index contributed by atoms with van der Waals surface area (Å²) < 4.78 is 22.3. The van der Waals surface area contributed by atoms with Crippen LogP contribution in [0.1, 0.15) is 50.5 Å². The molecule has 4 aliphatic carbocycles. The van der Waals surface area contributed by atoms with Crippen molar-refractivity contribution in [2.75, 3.05) is 27.9 Å². The Labute approximate surface area is 164 Å². The molecule has 27 heavy (non-hydrogen) atoms. The Balaban J connectivity index is 1.32. The molecule has 0 aromatic heterocycles. The number of benzene rings is 1. The monoisotopic (exact) mass is 390 g/mol. The molecule has 0 aliphatic heterocycles. The van der Waals surface area contributed by atoms with E-state index in [4.69, 9.17) is 18.0 Å². The number of rotatable bonds is 9. The predicted octanol–water partition coefficient (Wildman–Crippen LogP) is 4.80. The summed E-state index contributed by atoms with van der Waals surface area (Å²) >= 11 is 0. The van der Waals surface area contributed by atoms with Crippen LogP contribution in [0.15, 0.2) is 24.3 Å². The third-order valence-corrected chi connectivity index (χ3v) is 10.2. The summed E-state index contributed by atoms with van der Waals surface area (Å²) in [7, 11) is 2.48. The number of hydrogen-bond acceptors (Lipinski definition) is 4. The standard InChI is InChI=1S/C22H34O4Si/c1-23-27(24-2,25-3)10-4-9-26-21-7-5-20(6-8-21)22-14-17-11-18(15-22)13-19(12-17)16-22/h5-8,17-19H,4,9-16H2,1-3H3. The van der Waals surface area contributed by atoms with Crippen LogP contribution in [-0.2, 0) is 18.7 Å². The van der Waals surface area contributed by atoms with E-state index in [0.717, 1.165) is 36.0 Å². The van der Waals surface area contributed by atoms with Gasteiger partial charge in [-0.05, 0) is 85.8 Å². The fourth-order valence-corrected chi connectivity index (χ4v) is 8.09. The molecule has 4 nitrogen and oxygen atoms in total. The van der Waals surface area contributed by atoms with Crippen molar-refractivity contribution in [2.45, 2.75) is 56.4 Å². The average molecular weight is 391 g/mol. The van der Waals surface area contributed by atoms with Crippen molar-refractivity contribution in [1.82, 2.24) is 0 Å². The first-order valence-electron chi connectivity index (χ1n) is 10.5. The summed E-state index contributed by atoms with van der Waals surface area (Å²) in [5, 5.41) is 0. The first-order valence-corrected chi connectivity index (χ1v) is 12.4. The highest BCUT2D eigenvalue weighted by Gasteiger charge is 2.51. The first-order chi connectivity index (χ1) is 13.1. The van der Waals surface area contributed by atoms with E-state index in [-0.39, 0.29) is 0 Å². The van der Waals surface area contributed by atoms with E-state index < -0.39 is 8.80 Å². The zero-order valence-electron chi connectivity index (χ0n) is 17.0. The van der Waals surface area contributed by atoms with Crippen LogP contribution in [-0.4, -0.2) is 36.7 Å². The topological polar surface area (TPSA) is 36.9 Å². The van der Waals surface area contributed by atoms with Gasteiger partial charge in [0.2, 0.25) is 0 Å². The molecular weight excluding hydrogens is 356 g/mol. The van der Waals surface area contributed by atoms with Crippen molar-refractivity contribution in [3.05, 3.63) is 29.8 Å². The Kier molecular flexibility index (Phi) is 5.66.